The summed E-state index contributed by atoms with van der Waals surface area (Å²) in [4.78, 5) is 26.0. The van der Waals surface area contributed by atoms with Gasteiger partial charge in [0.25, 0.3) is 0 Å². The molecule has 5 aromatic carbocycles. The predicted molar refractivity (Wildman–Crippen MR) is 143 cm³/mol. The molecule has 0 N–H and O–H groups in total. The first-order chi connectivity index (χ1) is 16.9. The fourth-order valence-electron chi connectivity index (χ4n) is 5.11. The van der Waals surface area contributed by atoms with Gasteiger partial charge in [0.15, 0.2) is 0 Å². The lowest BCUT2D eigenvalue weighted by Gasteiger charge is -2.18. The van der Waals surface area contributed by atoms with Crippen molar-refractivity contribution in [1.82, 2.24) is 0 Å². The summed E-state index contributed by atoms with van der Waals surface area (Å²) < 4.78 is 11.4. The highest BCUT2D eigenvalue weighted by Crippen LogP contribution is 2.42. The first-order valence-corrected chi connectivity index (χ1v) is 12.5. The van der Waals surface area contributed by atoms with Gasteiger partial charge in [-0.05, 0) is 81.9 Å². The van der Waals surface area contributed by atoms with Crippen molar-refractivity contribution in [2.45, 2.75) is 59.2 Å². The Hall–Kier alpha value is -3.66. The number of rotatable bonds is 7. The Morgan fingerprint density at radius 3 is 1.51 bits per heavy atom. The quantitative estimate of drug-likeness (QED) is 0.138. The van der Waals surface area contributed by atoms with Gasteiger partial charge in [0, 0.05) is 0 Å². The second-order valence-electron chi connectivity index (χ2n) is 9.41. The fourth-order valence-corrected chi connectivity index (χ4v) is 5.11. The first kappa shape index (κ1) is 23.1. The Kier molecular flexibility index (Phi) is 6.06. The van der Waals surface area contributed by atoms with Crippen molar-refractivity contribution in [3.05, 3.63) is 71.8 Å². The van der Waals surface area contributed by atoms with E-state index in [1.54, 1.807) is 0 Å². The van der Waals surface area contributed by atoms with Gasteiger partial charge in [-0.25, -0.2) is 9.59 Å². The lowest BCUT2D eigenvalue weighted by atomic mass is 9.87. The van der Waals surface area contributed by atoms with Crippen LogP contribution < -0.4 is 0 Å². The van der Waals surface area contributed by atoms with Gasteiger partial charge in [0.05, 0.1) is 23.3 Å². The van der Waals surface area contributed by atoms with E-state index in [0.717, 1.165) is 62.4 Å². The zero-order chi connectivity index (χ0) is 24.7. The summed E-state index contributed by atoms with van der Waals surface area (Å²) in [7, 11) is 0. The van der Waals surface area contributed by atoms with Crippen LogP contribution in [0.5, 0.6) is 0 Å². The number of hydrogen-bond acceptors (Lipinski definition) is 4. The summed E-state index contributed by atoms with van der Waals surface area (Å²) in [5, 5.41) is 8.07. The molecule has 0 fully saturated rings. The van der Waals surface area contributed by atoms with Gasteiger partial charge in [0.2, 0.25) is 0 Å². The van der Waals surface area contributed by atoms with Crippen LogP contribution in [0.4, 0.5) is 0 Å². The molecule has 0 heterocycles. The summed E-state index contributed by atoms with van der Waals surface area (Å²) in [6.07, 6.45) is 2.31. The van der Waals surface area contributed by atoms with Crippen LogP contribution in [0.25, 0.3) is 43.1 Å². The Labute approximate surface area is 205 Å². The predicted octanol–water partition coefficient (Wildman–Crippen LogP) is 8.04. The van der Waals surface area contributed by atoms with E-state index in [1.165, 1.54) is 0 Å². The van der Waals surface area contributed by atoms with E-state index < -0.39 is 0 Å². The van der Waals surface area contributed by atoms with Crippen molar-refractivity contribution in [2.24, 2.45) is 0 Å². The van der Waals surface area contributed by atoms with E-state index in [2.05, 4.69) is 19.1 Å². The summed E-state index contributed by atoms with van der Waals surface area (Å²) >= 11 is 0. The van der Waals surface area contributed by atoms with Crippen LogP contribution in [-0.4, -0.2) is 24.1 Å². The maximum atomic E-state index is 13.1. The van der Waals surface area contributed by atoms with Gasteiger partial charge < -0.3 is 9.47 Å². The summed E-state index contributed by atoms with van der Waals surface area (Å²) in [5.74, 6) is -0.590. The van der Waals surface area contributed by atoms with Crippen LogP contribution >= 0.6 is 0 Å². The molecule has 35 heavy (non-hydrogen) atoms. The van der Waals surface area contributed by atoms with E-state index in [0.29, 0.717) is 11.1 Å². The van der Waals surface area contributed by atoms with Crippen LogP contribution in [-0.2, 0) is 9.47 Å². The molecule has 0 aliphatic rings. The fraction of sp³-hybridized carbons (Fsp3) is 0.290. The number of benzene rings is 5. The molecule has 4 nitrogen and oxygen atoms in total. The number of carbonyl (C=O) groups is 2. The molecule has 178 valence electrons. The van der Waals surface area contributed by atoms with Gasteiger partial charge in [-0.2, -0.15) is 0 Å². The molecule has 0 bridgehead atoms. The average Bonchev–Trinajstić information content (AvgIpc) is 2.86. The van der Waals surface area contributed by atoms with Crippen molar-refractivity contribution in [1.29, 1.82) is 0 Å². The van der Waals surface area contributed by atoms with E-state index in [1.807, 2.05) is 69.3 Å². The van der Waals surface area contributed by atoms with Gasteiger partial charge in [0.1, 0.15) is 0 Å². The van der Waals surface area contributed by atoms with E-state index in [4.69, 9.17) is 9.47 Å². The SMILES string of the molecule is CCCC(C)OC(=O)c1ccc2c3cccc4c(C(=O)OC(C)CC)ccc(c5cccc1c52)c43. The molecule has 4 heteroatoms. The zero-order valence-electron chi connectivity index (χ0n) is 20.7. The zero-order valence-corrected chi connectivity index (χ0v) is 20.7. The van der Waals surface area contributed by atoms with E-state index >= 15 is 0 Å². The highest BCUT2D eigenvalue weighted by molar-refractivity contribution is 6.35. The first-order valence-electron chi connectivity index (χ1n) is 12.5. The molecule has 0 aromatic heterocycles. The lowest BCUT2D eigenvalue weighted by molar-refractivity contribution is 0.0319. The topological polar surface area (TPSA) is 52.6 Å². The lowest BCUT2D eigenvalue weighted by Crippen LogP contribution is -2.15. The number of carbonyl (C=O) groups excluding carboxylic acids is 2. The molecule has 0 saturated carbocycles. The number of fused-ring (bicyclic) bond motifs is 2. The van der Waals surface area contributed by atoms with Crippen LogP contribution in [0.15, 0.2) is 60.7 Å². The standard InChI is InChI=1S/C31H30O4/c1-5-9-19(4)35-31(33)27-17-15-25-20-10-7-12-22-26(30(32)34-18(3)6-2)16-14-24(28(20)22)21-11-8-13-23(27)29(21)25/h7-8,10-19H,5-6,9H2,1-4H3. The average molecular weight is 467 g/mol. The molecule has 0 amide bonds. The number of hydrogen-bond donors (Lipinski definition) is 0. The van der Waals surface area contributed by atoms with Gasteiger partial charge >= 0.3 is 11.9 Å². The van der Waals surface area contributed by atoms with Gasteiger partial charge in [-0.1, -0.05) is 68.8 Å². The third kappa shape index (κ3) is 3.87. The molecule has 5 rings (SSSR count). The van der Waals surface area contributed by atoms with Crippen LogP contribution in [0.3, 0.4) is 0 Å². The van der Waals surface area contributed by atoms with Crippen molar-refractivity contribution in [3.8, 4) is 0 Å². The Balaban J connectivity index is 1.75. The van der Waals surface area contributed by atoms with Crippen LogP contribution in [0.2, 0.25) is 0 Å². The minimum Gasteiger partial charge on any atom is -0.459 e. The van der Waals surface area contributed by atoms with Crippen LogP contribution in [0.1, 0.15) is 67.7 Å². The normalized spacial score (nSPS) is 13.5. The highest BCUT2D eigenvalue weighted by Gasteiger charge is 2.21. The molecule has 2 unspecified atom stereocenters. The minimum absolute atomic E-state index is 0.124. The molecular weight excluding hydrogens is 436 g/mol. The maximum Gasteiger partial charge on any atom is 0.339 e. The second kappa shape index (κ2) is 9.18. The number of esters is 2. The molecule has 0 aliphatic heterocycles. The highest BCUT2D eigenvalue weighted by atomic mass is 16.5. The number of ether oxygens (including phenoxy) is 2. The minimum atomic E-state index is -0.300. The summed E-state index contributed by atoms with van der Waals surface area (Å²) in [6, 6.07) is 19.9. The monoisotopic (exact) mass is 466 g/mol. The molecule has 0 aliphatic carbocycles. The van der Waals surface area contributed by atoms with Crippen molar-refractivity contribution < 1.29 is 19.1 Å². The van der Waals surface area contributed by atoms with Crippen molar-refractivity contribution >= 4 is 55.0 Å². The third-order valence-corrected chi connectivity index (χ3v) is 6.99. The summed E-state index contributed by atoms with van der Waals surface area (Å²) in [6.45, 7) is 7.93. The molecule has 2 atom stereocenters. The van der Waals surface area contributed by atoms with Crippen molar-refractivity contribution in [3.63, 3.8) is 0 Å². The second-order valence-corrected chi connectivity index (χ2v) is 9.41. The Morgan fingerprint density at radius 1 is 0.629 bits per heavy atom. The smallest absolute Gasteiger partial charge is 0.339 e. The summed E-state index contributed by atoms with van der Waals surface area (Å²) in [5.41, 5.74) is 1.16. The largest absolute Gasteiger partial charge is 0.459 e. The molecule has 0 saturated heterocycles. The Morgan fingerprint density at radius 2 is 1.06 bits per heavy atom. The maximum absolute atomic E-state index is 13.1. The van der Waals surface area contributed by atoms with Gasteiger partial charge in [-0.3, -0.25) is 0 Å². The van der Waals surface area contributed by atoms with Crippen molar-refractivity contribution in [2.75, 3.05) is 0 Å². The molecular formula is C31H30O4. The van der Waals surface area contributed by atoms with Crippen LogP contribution in [0, 0.1) is 0 Å². The molecule has 5 aromatic rings. The Bertz CT molecular complexity index is 1550. The molecule has 0 spiro atoms. The van der Waals surface area contributed by atoms with E-state index in [-0.39, 0.29) is 24.1 Å². The third-order valence-electron chi connectivity index (χ3n) is 6.99. The van der Waals surface area contributed by atoms with E-state index in [9.17, 15) is 9.59 Å². The molecule has 0 radical (unpaired) electrons. The van der Waals surface area contributed by atoms with Gasteiger partial charge in [-0.15, -0.1) is 0 Å².